The molecule has 2 heterocycles. The molecule has 0 spiro atoms. The van der Waals surface area contributed by atoms with Crippen molar-refractivity contribution in [2.75, 3.05) is 53.7 Å². The van der Waals surface area contributed by atoms with Gasteiger partial charge in [-0.3, -0.25) is 19.3 Å². The molecule has 12 heteroatoms. The van der Waals surface area contributed by atoms with Crippen LogP contribution in [0.5, 0.6) is 11.5 Å². The van der Waals surface area contributed by atoms with E-state index < -0.39 is 0 Å². The quantitative estimate of drug-likeness (QED) is 0.163. The lowest BCUT2D eigenvalue weighted by Gasteiger charge is -2.27. The maximum atomic E-state index is 12.9. The predicted octanol–water partition coefficient (Wildman–Crippen LogP) is 3.63. The summed E-state index contributed by atoms with van der Waals surface area (Å²) in [7, 11) is 2.89. The lowest BCUT2D eigenvalue weighted by Crippen LogP contribution is -2.43. The summed E-state index contributed by atoms with van der Waals surface area (Å²) in [5.74, 6) is 0.349. The van der Waals surface area contributed by atoms with Gasteiger partial charge in [0.15, 0.2) is 18.1 Å². The van der Waals surface area contributed by atoms with Crippen LogP contribution in [0.4, 0.5) is 0 Å². The number of halogens is 1. The zero-order chi connectivity index (χ0) is 26.1. The van der Waals surface area contributed by atoms with E-state index in [-0.39, 0.29) is 24.4 Å². The van der Waals surface area contributed by atoms with Gasteiger partial charge < -0.3 is 23.8 Å². The van der Waals surface area contributed by atoms with E-state index in [0.717, 1.165) is 18.4 Å². The molecule has 2 aliphatic rings. The van der Waals surface area contributed by atoms with Crippen LogP contribution in [-0.2, 0) is 23.9 Å². The molecule has 1 aromatic rings. The Balaban J connectivity index is 1.61. The summed E-state index contributed by atoms with van der Waals surface area (Å²) in [5.41, 5.74) is 0.726. The van der Waals surface area contributed by atoms with Gasteiger partial charge in [-0.05, 0) is 52.5 Å². The summed E-state index contributed by atoms with van der Waals surface area (Å²) in [6.45, 7) is 2.52. The number of thioether (sulfide) groups is 1. The third-order valence-corrected chi connectivity index (χ3v) is 7.58. The second-order valence-electron chi connectivity index (χ2n) is 8.04. The van der Waals surface area contributed by atoms with Gasteiger partial charge in [-0.2, -0.15) is 0 Å². The highest BCUT2D eigenvalue weighted by Gasteiger charge is 2.31. The third kappa shape index (κ3) is 7.67. The van der Waals surface area contributed by atoms with E-state index in [0.29, 0.717) is 70.9 Å². The highest BCUT2D eigenvalue weighted by Crippen LogP contribution is 2.39. The van der Waals surface area contributed by atoms with Gasteiger partial charge in [0.05, 0.1) is 36.8 Å². The fraction of sp³-hybridized carbons (Fsp3) is 0.500. The number of hydrogen-bond donors (Lipinski definition) is 0. The molecule has 0 N–H and O–H groups in total. The number of methoxy groups -OCH3 is 2. The smallest absolute Gasteiger partial charge is 0.305 e. The lowest BCUT2D eigenvalue weighted by atomic mass is 10.1. The number of ether oxygens (including phenoxy) is 4. The molecule has 0 aromatic heterocycles. The number of carbonyl (C=O) groups is 3. The zero-order valence-corrected chi connectivity index (χ0v) is 23.5. The second kappa shape index (κ2) is 14.0. The van der Waals surface area contributed by atoms with Crippen LogP contribution in [0.3, 0.4) is 0 Å². The van der Waals surface area contributed by atoms with Gasteiger partial charge in [0.1, 0.15) is 4.32 Å². The van der Waals surface area contributed by atoms with Crippen molar-refractivity contribution in [1.29, 1.82) is 0 Å². The molecule has 0 saturated carbocycles. The van der Waals surface area contributed by atoms with E-state index in [2.05, 4.69) is 20.7 Å². The van der Waals surface area contributed by atoms with Crippen LogP contribution in [-0.4, -0.2) is 85.6 Å². The predicted molar refractivity (Wildman–Crippen MR) is 144 cm³/mol. The van der Waals surface area contributed by atoms with Gasteiger partial charge in [0, 0.05) is 26.1 Å². The summed E-state index contributed by atoms with van der Waals surface area (Å²) in [4.78, 5) is 40.4. The number of amides is 2. The molecule has 0 unspecified atom stereocenters. The summed E-state index contributed by atoms with van der Waals surface area (Å²) in [5, 5.41) is 0. The molecule has 0 bridgehead atoms. The Labute approximate surface area is 228 Å². The summed E-state index contributed by atoms with van der Waals surface area (Å²) in [6, 6.07) is 3.55. The van der Waals surface area contributed by atoms with Gasteiger partial charge in [-0.1, -0.05) is 30.4 Å². The largest absolute Gasteiger partial charge is 0.493 e. The zero-order valence-electron chi connectivity index (χ0n) is 20.2. The first kappa shape index (κ1) is 28.4. The third-order valence-electron chi connectivity index (χ3n) is 5.62. The van der Waals surface area contributed by atoms with E-state index in [4.69, 9.17) is 26.4 Å². The van der Waals surface area contributed by atoms with Gasteiger partial charge in [-0.25, -0.2) is 0 Å². The van der Waals surface area contributed by atoms with Crippen LogP contribution in [0.2, 0.25) is 0 Å². The van der Waals surface area contributed by atoms with Crippen LogP contribution >= 0.6 is 39.9 Å². The Bertz CT molecular complexity index is 1030. The Morgan fingerprint density at radius 3 is 2.64 bits per heavy atom. The minimum absolute atomic E-state index is 0.118. The van der Waals surface area contributed by atoms with Gasteiger partial charge in [-0.15, -0.1) is 0 Å². The Morgan fingerprint density at radius 2 is 1.94 bits per heavy atom. The molecule has 0 aliphatic carbocycles. The topological polar surface area (TPSA) is 94.6 Å². The van der Waals surface area contributed by atoms with E-state index >= 15 is 0 Å². The molecule has 2 saturated heterocycles. The van der Waals surface area contributed by atoms with Crippen LogP contribution in [0.1, 0.15) is 31.2 Å². The number of hydrogen-bond acceptors (Lipinski definition) is 9. The number of carbonyl (C=O) groups excluding carboxylic acids is 3. The van der Waals surface area contributed by atoms with Crippen LogP contribution in [0.25, 0.3) is 6.08 Å². The van der Waals surface area contributed by atoms with E-state index in [1.807, 2.05) is 0 Å². The molecule has 36 heavy (non-hydrogen) atoms. The average Bonchev–Trinajstić information content (AvgIpc) is 3.14. The average molecular weight is 602 g/mol. The van der Waals surface area contributed by atoms with Crippen molar-refractivity contribution in [2.24, 2.45) is 0 Å². The van der Waals surface area contributed by atoms with E-state index in [1.165, 1.54) is 26.0 Å². The first-order chi connectivity index (χ1) is 17.3. The van der Waals surface area contributed by atoms with Gasteiger partial charge in [0.2, 0.25) is 0 Å². The van der Waals surface area contributed by atoms with Gasteiger partial charge >= 0.3 is 5.97 Å². The number of esters is 1. The van der Waals surface area contributed by atoms with Crippen molar-refractivity contribution in [3.63, 3.8) is 0 Å². The molecular weight excluding hydrogens is 572 g/mol. The minimum atomic E-state index is -0.231. The highest BCUT2D eigenvalue weighted by molar-refractivity contribution is 9.10. The maximum absolute atomic E-state index is 12.9. The molecule has 0 radical (unpaired) electrons. The van der Waals surface area contributed by atoms with E-state index in [9.17, 15) is 14.4 Å². The Morgan fingerprint density at radius 1 is 1.19 bits per heavy atom. The first-order valence-corrected chi connectivity index (χ1v) is 13.5. The normalized spacial score (nSPS) is 17.0. The summed E-state index contributed by atoms with van der Waals surface area (Å²) in [6.07, 6.45) is 4.37. The molecule has 2 aliphatic heterocycles. The van der Waals surface area contributed by atoms with Gasteiger partial charge in [0.25, 0.3) is 11.8 Å². The number of morpholine rings is 1. The standard InChI is InChI=1S/C24H29BrN2O7S2/c1-31-18-13-16(12-17(25)22(18)34-15-20(28)26-8-10-33-11-9-26)14-19-23(30)27(24(35)36-19)7-5-3-4-6-21(29)32-2/h12-14H,3-11,15H2,1-2H3/b19-14+. The van der Waals surface area contributed by atoms with Crippen LogP contribution < -0.4 is 9.47 Å². The molecule has 3 rings (SSSR count). The SMILES string of the molecule is COC(=O)CCCCCN1C(=O)/C(=C\c2cc(Br)c(OCC(=O)N3CCOCC3)c(OC)c2)SC1=S. The van der Waals surface area contributed by atoms with Crippen molar-refractivity contribution in [2.45, 2.75) is 25.7 Å². The second-order valence-corrected chi connectivity index (χ2v) is 10.6. The fourth-order valence-corrected chi connectivity index (χ4v) is 5.55. The summed E-state index contributed by atoms with van der Waals surface area (Å²) < 4.78 is 22.3. The number of benzene rings is 1. The number of thiocarbonyl (C=S) groups is 1. The van der Waals surface area contributed by atoms with Crippen molar-refractivity contribution < 1.29 is 33.3 Å². The van der Waals surface area contributed by atoms with Crippen LogP contribution in [0.15, 0.2) is 21.5 Å². The molecular formula is C24H29BrN2O7S2. The minimum Gasteiger partial charge on any atom is -0.493 e. The number of rotatable bonds is 11. The van der Waals surface area contributed by atoms with E-state index in [1.54, 1.807) is 28.0 Å². The highest BCUT2D eigenvalue weighted by atomic mass is 79.9. The molecule has 2 amide bonds. The monoisotopic (exact) mass is 600 g/mol. The first-order valence-electron chi connectivity index (χ1n) is 11.5. The summed E-state index contributed by atoms with van der Waals surface area (Å²) >= 11 is 10.2. The lowest BCUT2D eigenvalue weighted by molar-refractivity contribution is -0.140. The van der Waals surface area contributed by atoms with Crippen molar-refractivity contribution >= 4 is 68.1 Å². The van der Waals surface area contributed by atoms with Crippen molar-refractivity contribution in [1.82, 2.24) is 9.80 Å². The Hall–Kier alpha value is -2.15. The Kier molecular flexibility index (Phi) is 11.0. The number of unbranched alkanes of at least 4 members (excludes halogenated alkanes) is 2. The fourth-order valence-electron chi connectivity index (χ4n) is 3.66. The van der Waals surface area contributed by atoms with Crippen molar-refractivity contribution in [3.8, 4) is 11.5 Å². The molecule has 2 fully saturated rings. The molecule has 9 nitrogen and oxygen atoms in total. The van der Waals surface area contributed by atoms with Crippen LogP contribution in [0, 0.1) is 0 Å². The van der Waals surface area contributed by atoms with Crippen molar-refractivity contribution in [3.05, 3.63) is 27.1 Å². The number of nitrogens with zero attached hydrogens (tertiary/aromatic N) is 2. The molecule has 0 atom stereocenters. The molecule has 196 valence electrons. The molecule has 1 aromatic carbocycles. The maximum Gasteiger partial charge on any atom is 0.305 e.